The van der Waals surface area contributed by atoms with Crippen LogP contribution in [0.15, 0.2) is 58.0 Å². The van der Waals surface area contributed by atoms with E-state index in [0.717, 1.165) is 53.3 Å². The van der Waals surface area contributed by atoms with Crippen LogP contribution in [0.3, 0.4) is 0 Å². The number of ketones is 1. The first kappa shape index (κ1) is 22.1. The van der Waals surface area contributed by atoms with E-state index in [4.69, 9.17) is 14.5 Å². The highest BCUT2D eigenvalue weighted by Gasteiger charge is 2.45. The highest BCUT2D eigenvalue weighted by Crippen LogP contribution is 2.48. The predicted molar refractivity (Wildman–Crippen MR) is 129 cm³/mol. The second kappa shape index (κ2) is 9.26. The Hall–Kier alpha value is -2.73. The number of ether oxygens (including phenoxy) is 2. The first-order valence-corrected chi connectivity index (χ1v) is 12.6. The maximum atomic E-state index is 13.6. The maximum absolute atomic E-state index is 13.6. The molecule has 0 radical (unpaired) electrons. The molecule has 0 saturated heterocycles. The van der Waals surface area contributed by atoms with Crippen molar-refractivity contribution in [2.45, 2.75) is 63.4 Å². The van der Waals surface area contributed by atoms with E-state index >= 15 is 0 Å². The summed E-state index contributed by atoms with van der Waals surface area (Å²) in [5, 5.41) is 2.00. The van der Waals surface area contributed by atoms with E-state index in [-0.39, 0.29) is 29.7 Å². The number of nitrogens with zero attached hydrogens (tertiary/aromatic N) is 1. The number of carbonyl (C=O) groups excluding carboxylic acids is 2. The van der Waals surface area contributed by atoms with Crippen molar-refractivity contribution in [3.05, 3.63) is 63.5 Å². The van der Waals surface area contributed by atoms with Crippen molar-refractivity contribution in [1.82, 2.24) is 0 Å². The summed E-state index contributed by atoms with van der Waals surface area (Å²) in [7, 11) is 1.65. The van der Waals surface area contributed by atoms with Gasteiger partial charge in [0.1, 0.15) is 17.8 Å². The number of allylic oxidation sites excluding steroid dienone is 2. The van der Waals surface area contributed by atoms with Gasteiger partial charge in [0, 0.05) is 34.2 Å². The van der Waals surface area contributed by atoms with Crippen LogP contribution >= 0.6 is 11.3 Å². The zero-order chi connectivity index (χ0) is 22.9. The standard InChI is InChI=1S/C27H29NO4S/c1-16-24(27(30)32-19-8-3-4-9-19)26(23-11-6-12-33-23)25-21(28-16)14-18(15-22(25)29)17-7-5-10-20(13-17)31-2/h5-7,10-13,18-19,24,26H,3-4,8-9,14-15H2,1-2H3/t18-,24?,26+/m0/s1. The molecule has 1 aromatic heterocycles. The Bertz CT molecular complexity index is 1110. The number of thiophene rings is 1. The van der Waals surface area contributed by atoms with Crippen molar-refractivity contribution in [2.75, 3.05) is 7.11 Å². The van der Waals surface area contributed by atoms with E-state index in [1.54, 1.807) is 18.4 Å². The molecule has 5 rings (SSSR count). The molecule has 2 aromatic rings. The van der Waals surface area contributed by atoms with E-state index < -0.39 is 5.92 Å². The fourth-order valence-electron chi connectivity index (χ4n) is 5.52. The number of carbonyl (C=O) groups is 2. The third-order valence-electron chi connectivity index (χ3n) is 7.14. The van der Waals surface area contributed by atoms with Crippen LogP contribution in [0.4, 0.5) is 0 Å². The lowest BCUT2D eigenvalue weighted by atomic mass is 9.71. The molecule has 1 unspecified atom stereocenters. The number of esters is 1. The summed E-state index contributed by atoms with van der Waals surface area (Å²) in [6, 6.07) is 11.9. The Labute approximate surface area is 198 Å². The van der Waals surface area contributed by atoms with Crippen molar-refractivity contribution in [3.8, 4) is 5.75 Å². The molecule has 3 aliphatic rings. The first-order chi connectivity index (χ1) is 16.0. The van der Waals surface area contributed by atoms with Gasteiger partial charge in [-0.25, -0.2) is 0 Å². The number of benzene rings is 1. The first-order valence-electron chi connectivity index (χ1n) is 11.7. The quantitative estimate of drug-likeness (QED) is 0.524. The summed E-state index contributed by atoms with van der Waals surface area (Å²) in [6.45, 7) is 1.91. The zero-order valence-electron chi connectivity index (χ0n) is 19.1. The van der Waals surface area contributed by atoms with Gasteiger partial charge < -0.3 is 9.47 Å². The van der Waals surface area contributed by atoms with E-state index in [9.17, 15) is 9.59 Å². The van der Waals surface area contributed by atoms with E-state index in [1.807, 2.05) is 48.7 Å². The molecule has 1 aromatic carbocycles. The Balaban J connectivity index is 1.50. The Morgan fingerprint density at radius 2 is 1.94 bits per heavy atom. The van der Waals surface area contributed by atoms with Crippen LogP contribution in [0.5, 0.6) is 5.75 Å². The van der Waals surface area contributed by atoms with Crippen LogP contribution in [0.1, 0.15) is 67.7 Å². The molecule has 6 heteroatoms. The molecular formula is C27H29NO4S. The average molecular weight is 464 g/mol. The van der Waals surface area contributed by atoms with Crippen molar-refractivity contribution in [1.29, 1.82) is 0 Å². The monoisotopic (exact) mass is 463 g/mol. The van der Waals surface area contributed by atoms with Gasteiger partial charge in [-0.05, 0) is 74.1 Å². The average Bonchev–Trinajstić information content (AvgIpc) is 3.52. The van der Waals surface area contributed by atoms with Gasteiger partial charge in [0.25, 0.3) is 0 Å². The highest BCUT2D eigenvalue weighted by atomic mass is 32.1. The Morgan fingerprint density at radius 3 is 2.67 bits per heavy atom. The predicted octanol–water partition coefficient (Wildman–Crippen LogP) is 5.82. The molecule has 172 valence electrons. The fourth-order valence-corrected chi connectivity index (χ4v) is 6.39. The molecule has 0 amide bonds. The lowest BCUT2D eigenvalue weighted by Gasteiger charge is -2.36. The van der Waals surface area contributed by atoms with Crippen LogP contribution in [0.25, 0.3) is 0 Å². The number of hydrogen-bond donors (Lipinski definition) is 0. The topological polar surface area (TPSA) is 65.0 Å². The van der Waals surface area contributed by atoms with Crippen molar-refractivity contribution in [3.63, 3.8) is 0 Å². The molecule has 1 saturated carbocycles. The normalized spacial score (nSPS) is 25.6. The number of aliphatic imine (C=N–C) groups is 1. The lowest BCUT2D eigenvalue weighted by molar-refractivity contribution is -0.151. The Kier molecular flexibility index (Phi) is 6.19. The molecule has 0 N–H and O–H groups in total. The minimum absolute atomic E-state index is 0.0100. The lowest BCUT2D eigenvalue weighted by Crippen LogP contribution is -2.38. The molecule has 2 heterocycles. The van der Waals surface area contributed by atoms with Gasteiger partial charge in [-0.2, -0.15) is 0 Å². The molecule has 33 heavy (non-hydrogen) atoms. The van der Waals surface area contributed by atoms with E-state index in [0.29, 0.717) is 18.4 Å². The fraction of sp³-hybridized carbons (Fsp3) is 0.444. The second-order valence-corrected chi connectivity index (χ2v) is 10.2. The van der Waals surface area contributed by atoms with Gasteiger partial charge in [0.15, 0.2) is 5.78 Å². The third-order valence-corrected chi connectivity index (χ3v) is 8.10. The highest BCUT2D eigenvalue weighted by molar-refractivity contribution is 7.10. The molecule has 0 bridgehead atoms. The van der Waals surface area contributed by atoms with Crippen molar-refractivity contribution in [2.24, 2.45) is 10.9 Å². The van der Waals surface area contributed by atoms with Gasteiger partial charge in [-0.15, -0.1) is 11.3 Å². The van der Waals surface area contributed by atoms with Gasteiger partial charge in [-0.3, -0.25) is 14.6 Å². The summed E-state index contributed by atoms with van der Waals surface area (Å²) in [4.78, 5) is 32.8. The van der Waals surface area contributed by atoms with Gasteiger partial charge in [-0.1, -0.05) is 18.2 Å². The van der Waals surface area contributed by atoms with Gasteiger partial charge >= 0.3 is 5.97 Å². The summed E-state index contributed by atoms with van der Waals surface area (Å²) in [6.07, 6.45) is 5.13. The van der Waals surface area contributed by atoms with E-state index in [2.05, 4.69) is 0 Å². The zero-order valence-corrected chi connectivity index (χ0v) is 19.9. The molecule has 3 atom stereocenters. The maximum Gasteiger partial charge on any atom is 0.315 e. The smallest absolute Gasteiger partial charge is 0.315 e. The SMILES string of the molecule is COc1cccc([C@@H]2CC(=O)C3=C(C2)N=C(C)C(C(=O)OC2CCCC2)[C@H]3c2cccs2)c1. The molecule has 1 fully saturated rings. The minimum Gasteiger partial charge on any atom is -0.497 e. The number of rotatable bonds is 5. The van der Waals surface area contributed by atoms with Gasteiger partial charge in [0.2, 0.25) is 0 Å². The Morgan fingerprint density at radius 1 is 1.12 bits per heavy atom. The molecule has 1 aliphatic heterocycles. The molecule has 5 nitrogen and oxygen atoms in total. The number of Topliss-reactive ketones (excluding diaryl/α,β-unsaturated/α-hetero) is 1. The van der Waals surface area contributed by atoms with Crippen LogP contribution in [0, 0.1) is 5.92 Å². The number of methoxy groups -OCH3 is 1. The van der Waals surface area contributed by atoms with Crippen molar-refractivity contribution >= 4 is 28.8 Å². The largest absolute Gasteiger partial charge is 0.497 e. The molecule has 2 aliphatic carbocycles. The van der Waals surface area contributed by atoms with Gasteiger partial charge in [0.05, 0.1) is 7.11 Å². The summed E-state index contributed by atoms with van der Waals surface area (Å²) in [5.74, 6) is -0.179. The molecule has 0 spiro atoms. The minimum atomic E-state index is -0.541. The van der Waals surface area contributed by atoms with E-state index in [1.165, 1.54) is 0 Å². The number of hydrogen-bond acceptors (Lipinski definition) is 6. The summed E-state index contributed by atoms with van der Waals surface area (Å²) in [5.41, 5.74) is 3.35. The third kappa shape index (κ3) is 4.29. The van der Waals surface area contributed by atoms with Crippen LogP contribution in [-0.2, 0) is 14.3 Å². The van der Waals surface area contributed by atoms with Crippen LogP contribution in [0.2, 0.25) is 0 Å². The molecular weight excluding hydrogens is 434 g/mol. The second-order valence-electron chi connectivity index (χ2n) is 9.23. The summed E-state index contributed by atoms with van der Waals surface area (Å²) < 4.78 is 11.3. The van der Waals surface area contributed by atoms with Crippen LogP contribution in [-0.4, -0.2) is 30.7 Å². The van der Waals surface area contributed by atoms with Crippen LogP contribution < -0.4 is 4.74 Å². The summed E-state index contributed by atoms with van der Waals surface area (Å²) >= 11 is 1.59. The van der Waals surface area contributed by atoms with Crippen molar-refractivity contribution < 1.29 is 19.1 Å².